The number of rotatable bonds is 8. The quantitative estimate of drug-likeness (QED) is 0.442. The summed E-state index contributed by atoms with van der Waals surface area (Å²) >= 11 is 0.993. The predicted octanol–water partition coefficient (Wildman–Crippen LogP) is 3.81. The number of nitrogens with zero attached hydrogens (tertiary/aromatic N) is 2. The molecular weight excluding hydrogens is 403 g/mol. The van der Waals surface area contributed by atoms with E-state index in [-0.39, 0.29) is 5.91 Å². The average molecular weight is 427 g/mol. The van der Waals surface area contributed by atoms with Crippen molar-refractivity contribution < 1.29 is 18.0 Å². The third kappa shape index (κ3) is 7.72. The Morgan fingerprint density at radius 3 is 2.52 bits per heavy atom. The minimum absolute atomic E-state index is 0.00874. The van der Waals surface area contributed by atoms with Gasteiger partial charge in [0.1, 0.15) is 0 Å². The molecule has 0 saturated carbocycles. The van der Waals surface area contributed by atoms with Gasteiger partial charge in [-0.15, -0.1) is 11.3 Å². The summed E-state index contributed by atoms with van der Waals surface area (Å²) in [5, 5.41) is 10.5. The molecule has 10 heteroatoms. The fraction of sp³-hybridized carbons (Fsp3) is 0.421. The fourth-order valence-corrected chi connectivity index (χ4v) is 3.21. The summed E-state index contributed by atoms with van der Waals surface area (Å²) in [5.41, 5.74) is 0.891. The van der Waals surface area contributed by atoms with Gasteiger partial charge >= 0.3 is 6.18 Å². The molecule has 1 amide bonds. The molecule has 158 valence electrons. The minimum Gasteiger partial charge on any atom is -0.356 e. The van der Waals surface area contributed by atoms with Gasteiger partial charge in [-0.25, -0.2) is 4.98 Å². The van der Waals surface area contributed by atoms with Crippen LogP contribution in [0, 0.1) is 0 Å². The van der Waals surface area contributed by atoms with Crippen LogP contribution in [0.5, 0.6) is 0 Å². The number of hydrogen-bond acceptors (Lipinski definition) is 4. The number of aromatic nitrogens is 1. The number of alkyl halides is 3. The molecule has 0 radical (unpaired) electrons. The number of carbonyl (C=O) groups is 1. The highest BCUT2D eigenvalue weighted by molar-refractivity contribution is 7.09. The molecule has 0 spiro atoms. The van der Waals surface area contributed by atoms with E-state index in [2.05, 4.69) is 25.9 Å². The maximum Gasteiger partial charge on any atom is 0.434 e. The summed E-state index contributed by atoms with van der Waals surface area (Å²) < 4.78 is 37.7. The van der Waals surface area contributed by atoms with Crippen LogP contribution in [0.25, 0.3) is 0 Å². The molecule has 0 unspecified atom stereocenters. The highest BCUT2D eigenvalue weighted by atomic mass is 32.1. The van der Waals surface area contributed by atoms with Crippen LogP contribution in [-0.2, 0) is 23.9 Å². The molecule has 0 atom stereocenters. The summed E-state index contributed by atoms with van der Waals surface area (Å²) in [6, 6.07) is 7.47. The molecule has 1 aromatic heterocycles. The molecule has 3 N–H and O–H groups in total. The van der Waals surface area contributed by atoms with Crippen molar-refractivity contribution in [1.82, 2.24) is 15.6 Å². The van der Waals surface area contributed by atoms with Gasteiger partial charge in [0.05, 0.1) is 5.01 Å². The molecule has 6 nitrogen and oxygen atoms in total. The highest BCUT2D eigenvalue weighted by Crippen LogP contribution is 2.29. The average Bonchev–Trinajstić information content (AvgIpc) is 3.15. The number of carbonyl (C=O) groups excluding carboxylic acids is 1. The smallest absolute Gasteiger partial charge is 0.356 e. The summed E-state index contributed by atoms with van der Waals surface area (Å²) in [5.74, 6) is 0.531. The first-order chi connectivity index (χ1) is 13.8. The van der Waals surface area contributed by atoms with Crippen molar-refractivity contribution in [2.75, 3.05) is 18.9 Å². The first kappa shape index (κ1) is 22.7. The van der Waals surface area contributed by atoms with Crippen LogP contribution in [-0.4, -0.2) is 30.4 Å². The topological polar surface area (TPSA) is 78.4 Å². The SMILES string of the molecule is CCCC(=O)Nc1ccc(CNC(=NC)NCCc2nc(C(F)(F)F)cs2)cc1. The summed E-state index contributed by atoms with van der Waals surface area (Å²) in [6.07, 6.45) is -2.75. The zero-order valence-electron chi connectivity index (χ0n) is 16.3. The van der Waals surface area contributed by atoms with Gasteiger partial charge in [0.2, 0.25) is 5.91 Å². The zero-order chi connectivity index (χ0) is 21.3. The second-order valence-electron chi connectivity index (χ2n) is 6.22. The molecule has 1 heterocycles. The Morgan fingerprint density at radius 2 is 1.93 bits per heavy atom. The van der Waals surface area contributed by atoms with Gasteiger partial charge in [0, 0.05) is 44.0 Å². The number of halogens is 3. The van der Waals surface area contributed by atoms with Gasteiger partial charge in [-0.2, -0.15) is 13.2 Å². The lowest BCUT2D eigenvalue weighted by Gasteiger charge is -2.12. The van der Waals surface area contributed by atoms with Crippen LogP contribution in [0.1, 0.15) is 36.0 Å². The molecule has 1 aromatic carbocycles. The number of amides is 1. The molecule has 0 saturated heterocycles. The van der Waals surface area contributed by atoms with E-state index in [0.717, 1.165) is 34.4 Å². The third-order valence-electron chi connectivity index (χ3n) is 3.87. The van der Waals surface area contributed by atoms with Crippen molar-refractivity contribution >= 4 is 28.9 Å². The maximum atomic E-state index is 12.6. The normalized spacial score (nSPS) is 12.0. The number of aliphatic imine (C=N–C) groups is 1. The summed E-state index contributed by atoms with van der Waals surface area (Å²) in [4.78, 5) is 19.3. The second kappa shape index (κ2) is 10.8. The van der Waals surface area contributed by atoms with Crippen LogP contribution >= 0.6 is 11.3 Å². The van der Waals surface area contributed by atoms with E-state index < -0.39 is 11.9 Å². The molecule has 2 rings (SSSR count). The van der Waals surface area contributed by atoms with Crippen molar-refractivity contribution in [3.8, 4) is 0 Å². The lowest BCUT2D eigenvalue weighted by Crippen LogP contribution is -2.37. The first-order valence-corrected chi connectivity index (χ1v) is 10.0. The molecule has 0 aliphatic carbocycles. The minimum atomic E-state index is -4.41. The molecule has 0 bridgehead atoms. The van der Waals surface area contributed by atoms with Crippen LogP contribution in [0.15, 0.2) is 34.6 Å². The summed E-state index contributed by atoms with van der Waals surface area (Å²) in [7, 11) is 1.62. The number of hydrogen-bond donors (Lipinski definition) is 3. The van der Waals surface area contributed by atoms with E-state index in [1.807, 2.05) is 31.2 Å². The Kier molecular flexibility index (Phi) is 8.44. The number of anilines is 1. The molecule has 29 heavy (non-hydrogen) atoms. The molecule has 0 aliphatic rings. The van der Waals surface area contributed by atoms with E-state index in [0.29, 0.717) is 36.9 Å². The van der Waals surface area contributed by atoms with E-state index in [4.69, 9.17) is 0 Å². The molecule has 0 fully saturated rings. The van der Waals surface area contributed by atoms with Gasteiger partial charge in [0.25, 0.3) is 0 Å². The Bertz CT molecular complexity index is 818. The van der Waals surface area contributed by atoms with Crippen LogP contribution in [0.2, 0.25) is 0 Å². The molecular formula is C19H24F3N5OS. The zero-order valence-corrected chi connectivity index (χ0v) is 17.1. The van der Waals surface area contributed by atoms with Gasteiger partial charge in [-0.1, -0.05) is 19.1 Å². The predicted molar refractivity (Wildman–Crippen MR) is 109 cm³/mol. The Morgan fingerprint density at radius 1 is 1.21 bits per heavy atom. The lowest BCUT2D eigenvalue weighted by atomic mass is 10.2. The van der Waals surface area contributed by atoms with Gasteiger partial charge in [-0.05, 0) is 24.1 Å². The Labute approximate surface area is 171 Å². The van der Waals surface area contributed by atoms with Crippen molar-refractivity contribution in [1.29, 1.82) is 0 Å². The van der Waals surface area contributed by atoms with Crippen LogP contribution < -0.4 is 16.0 Å². The van der Waals surface area contributed by atoms with E-state index in [9.17, 15) is 18.0 Å². The third-order valence-corrected chi connectivity index (χ3v) is 4.78. The van der Waals surface area contributed by atoms with E-state index >= 15 is 0 Å². The summed E-state index contributed by atoms with van der Waals surface area (Å²) in [6.45, 7) is 2.87. The van der Waals surface area contributed by atoms with Crippen molar-refractivity contribution in [2.24, 2.45) is 4.99 Å². The second-order valence-corrected chi connectivity index (χ2v) is 7.16. The van der Waals surface area contributed by atoms with E-state index in [1.165, 1.54) is 0 Å². The highest BCUT2D eigenvalue weighted by Gasteiger charge is 2.33. The Hall–Kier alpha value is -2.62. The maximum absolute atomic E-state index is 12.6. The van der Waals surface area contributed by atoms with Crippen molar-refractivity contribution in [3.05, 3.63) is 45.9 Å². The van der Waals surface area contributed by atoms with E-state index in [1.54, 1.807) is 7.05 Å². The van der Waals surface area contributed by atoms with Gasteiger partial charge < -0.3 is 16.0 Å². The lowest BCUT2D eigenvalue weighted by molar-refractivity contribution is -0.140. The number of nitrogens with one attached hydrogen (secondary N) is 3. The van der Waals surface area contributed by atoms with Crippen molar-refractivity contribution in [3.63, 3.8) is 0 Å². The fourth-order valence-electron chi connectivity index (χ4n) is 2.41. The molecule has 0 aliphatic heterocycles. The van der Waals surface area contributed by atoms with Gasteiger partial charge in [0.15, 0.2) is 11.7 Å². The standard InChI is InChI=1S/C19H24F3N5OS/c1-3-4-16(28)26-14-7-5-13(6-8-14)11-25-18(23-2)24-10-9-17-27-15(12-29-17)19(20,21)22/h5-8,12H,3-4,9-11H2,1-2H3,(H,26,28)(H2,23,24,25). The largest absolute Gasteiger partial charge is 0.434 e. The van der Waals surface area contributed by atoms with Gasteiger partial charge in [-0.3, -0.25) is 9.79 Å². The Balaban J connectivity index is 1.76. The van der Waals surface area contributed by atoms with Crippen molar-refractivity contribution in [2.45, 2.75) is 38.9 Å². The number of thiazole rings is 1. The number of benzene rings is 1. The van der Waals surface area contributed by atoms with Crippen LogP contribution in [0.3, 0.4) is 0 Å². The monoisotopic (exact) mass is 427 g/mol. The number of guanidine groups is 1. The molecule has 2 aromatic rings. The first-order valence-electron chi connectivity index (χ1n) is 9.16. The van der Waals surface area contributed by atoms with Crippen LogP contribution in [0.4, 0.5) is 18.9 Å².